The highest BCUT2D eigenvalue weighted by Gasteiger charge is 2.29. The second-order valence-corrected chi connectivity index (χ2v) is 7.88. The number of hydrogen-bond acceptors (Lipinski definition) is 7. The Labute approximate surface area is 172 Å². The van der Waals surface area contributed by atoms with Crippen LogP contribution in [0.25, 0.3) is 0 Å². The van der Waals surface area contributed by atoms with Crippen LogP contribution in [0.5, 0.6) is 5.75 Å². The number of benzene rings is 1. The Hall–Kier alpha value is -2.19. The minimum atomic E-state index is 0.242. The molecule has 0 unspecified atom stereocenters. The summed E-state index contributed by atoms with van der Waals surface area (Å²) >= 11 is 0. The van der Waals surface area contributed by atoms with Crippen LogP contribution in [-0.4, -0.2) is 71.1 Å². The van der Waals surface area contributed by atoms with E-state index in [1.54, 1.807) is 7.11 Å². The highest BCUT2D eigenvalue weighted by atomic mass is 16.5. The molecule has 2 aliphatic heterocycles. The van der Waals surface area contributed by atoms with Gasteiger partial charge in [0, 0.05) is 38.5 Å². The Kier molecular flexibility index (Phi) is 6.61. The molecule has 1 aromatic carbocycles. The van der Waals surface area contributed by atoms with Gasteiger partial charge in [0.1, 0.15) is 5.75 Å². The Morgan fingerprint density at radius 1 is 1.17 bits per heavy atom. The lowest BCUT2D eigenvalue weighted by atomic mass is 10.1. The Morgan fingerprint density at radius 3 is 2.62 bits per heavy atom. The van der Waals surface area contributed by atoms with Gasteiger partial charge in [-0.3, -0.25) is 4.90 Å². The fourth-order valence-corrected chi connectivity index (χ4v) is 4.39. The van der Waals surface area contributed by atoms with Crippen molar-refractivity contribution in [3.8, 4) is 5.75 Å². The van der Waals surface area contributed by atoms with E-state index in [0.717, 1.165) is 76.6 Å². The molecule has 0 bridgehead atoms. The molecule has 29 heavy (non-hydrogen) atoms. The molecule has 1 aromatic heterocycles. The summed E-state index contributed by atoms with van der Waals surface area (Å²) in [5, 5.41) is 12.7. The minimum absolute atomic E-state index is 0.242. The molecule has 2 aliphatic rings. The van der Waals surface area contributed by atoms with Crippen LogP contribution in [0.1, 0.15) is 44.5 Å². The number of methoxy groups -OCH3 is 1. The molecule has 2 aromatic rings. The van der Waals surface area contributed by atoms with Crippen molar-refractivity contribution in [3.05, 3.63) is 30.1 Å². The van der Waals surface area contributed by atoms with Gasteiger partial charge in [-0.15, -0.1) is 5.10 Å². The zero-order valence-electron chi connectivity index (χ0n) is 17.5. The van der Waals surface area contributed by atoms with Gasteiger partial charge in [-0.2, -0.15) is 0 Å². The summed E-state index contributed by atoms with van der Waals surface area (Å²) in [7, 11) is 1.70. The number of hydrogen-bond donors (Lipinski definition) is 0. The summed E-state index contributed by atoms with van der Waals surface area (Å²) < 4.78 is 13.1. The number of tetrazole rings is 1. The fraction of sp³-hybridized carbons (Fsp3) is 0.667. The smallest absolute Gasteiger partial charge is 0.168 e. The van der Waals surface area contributed by atoms with E-state index in [4.69, 9.17) is 9.47 Å². The molecule has 2 saturated heterocycles. The predicted molar refractivity (Wildman–Crippen MR) is 111 cm³/mol. The summed E-state index contributed by atoms with van der Waals surface area (Å²) in [5.41, 5.74) is 1.25. The molecule has 0 aliphatic carbocycles. The van der Waals surface area contributed by atoms with E-state index in [-0.39, 0.29) is 12.1 Å². The molecular weight excluding hydrogens is 368 g/mol. The summed E-state index contributed by atoms with van der Waals surface area (Å²) in [4.78, 5) is 4.98. The zero-order valence-corrected chi connectivity index (χ0v) is 17.5. The normalized spacial score (nSPS) is 21.4. The number of nitrogens with zero attached hydrogens (tertiary/aromatic N) is 6. The van der Waals surface area contributed by atoms with Crippen LogP contribution in [0, 0.1) is 0 Å². The van der Waals surface area contributed by atoms with Gasteiger partial charge in [0.15, 0.2) is 5.82 Å². The maximum Gasteiger partial charge on any atom is 0.168 e. The fourth-order valence-electron chi connectivity index (χ4n) is 4.39. The van der Waals surface area contributed by atoms with Crippen LogP contribution in [0.15, 0.2) is 24.3 Å². The van der Waals surface area contributed by atoms with Gasteiger partial charge in [0.05, 0.1) is 25.8 Å². The van der Waals surface area contributed by atoms with Gasteiger partial charge in [-0.1, -0.05) is 13.3 Å². The SMILES string of the molecule is CCC[C@H](c1nnnn1C[C@H]1CCCO1)N1CCN(c2ccc(OC)cc2)CC1. The number of piperazine rings is 1. The zero-order chi connectivity index (χ0) is 20.1. The molecule has 0 amide bonds. The van der Waals surface area contributed by atoms with Crippen molar-refractivity contribution in [3.63, 3.8) is 0 Å². The molecule has 0 N–H and O–H groups in total. The molecule has 158 valence electrons. The van der Waals surface area contributed by atoms with Gasteiger partial charge in [-0.05, 0) is 54.0 Å². The second-order valence-electron chi connectivity index (χ2n) is 7.88. The molecule has 3 heterocycles. The average Bonchev–Trinajstić information content (AvgIpc) is 3.45. The molecule has 0 saturated carbocycles. The van der Waals surface area contributed by atoms with E-state index >= 15 is 0 Å². The Morgan fingerprint density at radius 2 is 1.97 bits per heavy atom. The van der Waals surface area contributed by atoms with Crippen LogP contribution in [0.2, 0.25) is 0 Å². The van der Waals surface area contributed by atoms with E-state index in [1.807, 2.05) is 16.8 Å². The number of anilines is 1. The first-order chi connectivity index (χ1) is 14.3. The molecule has 8 nitrogen and oxygen atoms in total. The van der Waals surface area contributed by atoms with Gasteiger partial charge >= 0.3 is 0 Å². The van der Waals surface area contributed by atoms with Crippen molar-refractivity contribution in [2.75, 3.05) is 44.8 Å². The number of ether oxygens (including phenoxy) is 2. The monoisotopic (exact) mass is 400 g/mol. The predicted octanol–water partition coefficient (Wildman–Crippen LogP) is 2.52. The third-order valence-electron chi connectivity index (χ3n) is 6.01. The minimum Gasteiger partial charge on any atom is -0.497 e. The Bertz CT molecular complexity index is 751. The van der Waals surface area contributed by atoms with Crippen molar-refractivity contribution in [1.29, 1.82) is 0 Å². The largest absolute Gasteiger partial charge is 0.497 e. The molecule has 0 radical (unpaired) electrons. The first-order valence-electron chi connectivity index (χ1n) is 10.8. The lowest BCUT2D eigenvalue weighted by molar-refractivity contribution is 0.0891. The van der Waals surface area contributed by atoms with Crippen molar-refractivity contribution >= 4 is 5.69 Å². The summed E-state index contributed by atoms with van der Waals surface area (Å²) in [6.07, 6.45) is 4.64. The van der Waals surface area contributed by atoms with E-state index in [1.165, 1.54) is 5.69 Å². The van der Waals surface area contributed by atoms with Gasteiger partial charge in [-0.25, -0.2) is 4.68 Å². The van der Waals surface area contributed by atoms with Crippen LogP contribution < -0.4 is 9.64 Å². The van der Waals surface area contributed by atoms with E-state index in [2.05, 4.69) is 44.4 Å². The standard InChI is InChI=1S/C21H32N6O2/c1-3-5-20(21-22-23-24-27(21)16-19-6-4-15-29-19)26-13-11-25(12-14-26)17-7-9-18(28-2)10-8-17/h7-10,19-20H,3-6,11-16H2,1-2H3/t19-,20-/m1/s1. The van der Waals surface area contributed by atoms with Crippen molar-refractivity contribution in [2.45, 2.75) is 51.3 Å². The summed E-state index contributed by atoms with van der Waals surface area (Å²) in [5.74, 6) is 1.88. The van der Waals surface area contributed by atoms with Crippen LogP contribution in [0.3, 0.4) is 0 Å². The van der Waals surface area contributed by atoms with Crippen LogP contribution >= 0.6 is 0 Å². The molecule has 4 rings (SSSR count). The van der Waals surface area contributed by atoms with Crippen LogP contribution in [-0.2, 0) is 11.3 Å². The molecule has 2 fully saturated rings. The van der Waals surface area contributed by atoms with Crippen LogP contribution in [0.4, 0.5) is 5.69 Å². The summed E-state index contributed by atoms with van der Waals surface area (Å²) in [6, 6.07) is 8.59. The van der Waals surface area contributed by atoms with Crippen molar-refractivity contribution in [2.24, 2.45) is 0 Å². The van der Waals surface area contributed by atoms with E-state index in [9.17, 15) is 0 Å². The third-order valence-corrected chi connectivity index (χ3v) is 6.01. The Balaban J connectivity index is 1.41. The maximum absolute atomic E-state index is 5.80. The highest BCUT2D eigenvalue weighted by molar-refractivity contribution is 5.49. The quantitative estimate of drug-likeness (QED) is 0.674. The first-order valence-corrected chi connectivity index (χ1v) is 10.8. The van der Waals surface area contributed by atoms with Crippen molar-refractivity contribution in [1.82, 2.24) is 25.1 Å². The van der Waals surface area contributed by atoms with Gasteiger partial charge in [0.25, 0.3) is 0 Å². The lowest BCUT2D eigenvalue weighted by Crippen LogP contribution is -2.48. The van der Waals surface area contributed by atoms with E-state index in [0.29, 0.717) is 0 Å². The molecule has 0 spiro atoms. The number of aromatic nitrogens is 4. The van der Waals surface area contributed by atoms with Gasteiger partial charge in [0.2, 0.25) is 0 Å². The highest BCUT2D eigenvalue weighted by Crippen LogP contribution is 2.28. The topological polar surface area (TPSA) is 68.5 Å². The summed E-state index contributed by atoms with van der Waals surface area (Å²) in [6.45, 7) is 7.85. The van der Waals surface area contributed by atoms with Crippen molar-refractivity contribution < 1.29 is 9.47 Å². The molecular formula is C21H32N6O2. The number of rotatable bonds is 8. The average molecular weight is 401 g/mol. The maximum atomic E-state index is 5.80. The second kappa shape index (κ2) is 9.54. The van der Waals surface area contributed by atoms with Gasteiger partial charge < -0.3 is 14.4 Å². The van der Waals surface area contributed by atoms with E-state index < -0.39 is 0 Å². The lowest BCUT2D eigenvalue weighted by Gasteiger charge is -2.39. The molecule has 2 atom stereocenters. The molecule has 8 heteroatoms. The third kappa shape index (κ3) is 4.70. The first kappa shape index (κ1) is 20.1.